The van der Waals surface area contributed by atoms with Crippen LogP contribution in [0.15, 0.2) is 18.2 Å². The third-order valence-corrected chi connectivity index (χ3v) is 3.26. The highest BCUT2D eigenvalue weighted by Gasteiger charge is 2.27. The summed E-state index contributed by atoms with van der Waals surface area (Å²) in [5, 5.41) is 9.17. The molecule has 0 saturated carbocycles. The number of carbonyl (C=O) groups excluding carboxylic acids is 1. The van der Waals surface area contributed by atoms with E-state index in [0.717, 1.165) is 37.8 Å². The van der Waals surface area contributed by atoms with Crippen LogP contribution >= 0.6 is 0 Å². The van der Waals surface area contributed by atoms with E-state index in [1.807, 2.05) is 12.1 Å². The Balaban J connectivity index is 2.50. The lowest BCUT2D eigenvalue weighted by molar-refractivity contribution is -0.109. The molecule has 0 amide bonds. The van der Waals surface area contributed by atoms with Crippen molar-refractivity contribution in [2.45, 2.75) is 32.2 Å². The maximum atomic E-state index is 11.1. The molecule has 0 saturated heterocycles. The SMILES string of the molecule is CCCN1c2c(C#N)cccc2CCC1C=O. The van der Waals surface area contributed by atoms with E-state index in [4.69, 9.17) is 0 Å². The lowest BCUT2D eigenvalue weighted by Gasteiger charge is -2.36. The first-order valence-electron chi connectivity index (χ1n) is 6.05. The van der Waals surface area contributed by atoms with Crippen LogP contribution in [0.3, 0.4) is 0 Å². The van der Waals surface area contributed by atoms with Gasteiger partial charge in [-0.05, 0) is 30.9 Å². The van der Waals surface area contributed by atoms with Crippen LogP contribution in [0.2, 0.25) is 0 Å². The van der Waals surface area contributed by atoms with Crippen LogP contribution in [-0.2, 0) is 11.2 Å². The van der Waals surface area contributed by atoms with Gasteiger partial charge in [0.1, 0.15) is 12.4 Å². The first-order chi connectivity index (χ1) is 8.31. The minimum atomic E-state index is -0.0723. The van der Waals surface area contributed by atoms with E-state index in [1.54, 1.807) is 0 Å². The predicted octanol–water partition coefficient (Wildman–Crippen LogP) is 2.29. The summed E-state index contributed by atoms with van der Waals surface area (Å²) in [6, 6.07) is 7.96. The summed E-state index contributed by atoms with van der Waals surface area (Å²) in [5.74, 6) is 0. The number of nitriles is 1. The van der Waals surface area contributed by atoms with Crippen molar-refractivity contribution in [3.05, 3.63) is 29.3 Å². The normalized spacial score (nSPS) is 18.4. The van der Waals surface area contributed by atoms with Gasteiger partial charge in [-0.25, -0.2) is 0 Å². The number of carbonyl (C=O) groups is 1. The van der Waals surface area contributed by atoms with Gasteiger partial charge in [-0.15, -0.1) is 0 Å². The zero-order valence-corrected chi connectivity index (χ0v) is 10.0. The molecule has 88 valence electrons. The van der Waals surface area contributed by atoms with Crippen molar-refractivity contribution in [1.82, 2.24) is 0 Å². The second-order valence-electron chi connectivity index (χ2n) is 4.36. The fourth-order valence-electron chi connectivity index (χ4n) is 2.51. The molecular weight excluding hydrogens is 212 g/mol. The fraction of sp³-hybridized carbons (Fsp3) is 0.429. The molecule has 1 unspecified atom stereocenters. The summed E-state index contributed by atoms with van der Waals surface area (Å²) in [5.41, 5.74) is 2.85. The summed E-state index contributed by atoms with van der Waals surface area (Å²) in [7, 11) is 0. The maximum Gasteiger partial charge on any atom is 0.142 e. The van der Waals surface area contributed by atoms with Crippen molar-refractivity contribution < 1.29 is 4.79 Å². The Morgan fingerprint density at radius 2 is 2.41 bits per heavy atom. The van der Waals surface area contributed by atoms with Gasteiger partial charge in [0.15, 0.2) is 0 Å². The molecule has 0 N–H and O–H groups in total. The van der Waals surface area contributed by atoms with Gasteiger partial charge in [0.25, 0.3) is 0 Å². The van der Waals surface area contributed by atoms with Gasteiger partial charge < -0.3 is 9.69 Å². The van der Waals surface area contributed by atoms with E-state index in [0.29, 0.717) is 5.56 Å². The van der Waals surface area contributed by atoms with Crippen molar-refractivity contribution in [3.63, 3.8) is 0 Å². The number of benzene rings is 1. The molecule has 0 aliphatic carbocycles. The summed E-state index contributed by atoms with van der Waals surface area (Å²) in [6.07, 6.45) is 3.72. The molecule has 0 spiro atoms. The summed E-state index contributed by atoms with van der Waals surface area (Å²) >= 11 is 0. The molecule has 1 heterocycles. The van der Waals surface area contributed by atoms with Crippen LogP contribution in [0.5, 0.6) is 0 Å². The van der Waals surface area contributed by atoms with Crippen LogP contribution in [0.25, 0.3) is 0 Å². The van der Waals surface area contributed by atoms with Gasteiger partial charge in [0.05, 0.1) is 17.3 Å². The number of hydrogen-bond donors (Lipinski definition) is 0. The lowest BCUT2D eigenvalue weighted by atomic mass is 9.93. The van der Waals surface area contributed by atoms with Crippen molar-refractivity contribution in [3.8, 4) is 6.07 Å². The molecule has 1 aliphatic heterocycles. The molecule has 17 heavy (non-hydrogen) atoms. The van der Waals surface area contributed by atoms with E-state index in [1.165, 1.54) is 5.56 Å². The molecule has 0 aromatic heterocycles. The number of rotatable bonds is 3. The highest BCUT2D eigenvalue weighted by atomic mass is 16.1. The lowest BCUT2D eigenvalue weighted by Crippen LogP contribution is -2.41. The molecule has 3 heteroatoms. The Labute approximate surface area is 102 Å². The number of para-hydroxylation sites is 1. The number of anilines is 1. The topological polar surface area (TPSA) is 44.1 Å². The minimum Gasteiger partial charge on any atom is -0.360 e. The Morgan fingerprint density at radius 1 is 1.59 bits per heavy atom. The minimum absolute atomic E-state index is 0.0723. The third-order valence-electron chi connectivity index (χ3n) is 3.26. The number of fused-ring (bicyclic) bond motifs is 1. The van der Waals surface area contributed by atoms with Crippen LogP contribution in [0.4, 0.5) is 5.69 Å². The van der Waals surface area contributed by atoms with Gasteiger partial charge >= 0.3 is 0 Å². The van der Waals surface area contributed by atoms with Crippen LogP contribution in [0.1, 0.15) is 30.9 Å². The highest BCUT2D eigenvalue weighted by Crippen LogP contribution is 2.33. The number of hydrogen-bond acceptors (Lipinski definition) is 3. The van der Waals surface area contributed by atoms with E-state index in [-0.39, 0.29) is 6.04 Å². The molecule has 0 fully saturated rings. The third kappa shape index (κ3) is 2.03. The monoisotopic (exact) mass is 228 g/mol. The largest absolute Gasteiger partial charge is 0.360 e. The smallest absolute Gasteiger partial charge is 0.142 e. The average molecular weight is 228 g/mol. The highest BCUT2D eigenvalue weighted by molar-refractivity contribution is 5.74. The zero-order valence-electron chi connectivity index (χ0n) is 10.0. The van der Waals surface area contributed by atoms with Gasteiger partial charge in [0.2, 0.25) is 0 Å². The van der Waals surface area contributed by atoms with Gasteiger partial charge in [-0.1, -0.05) is 19.1 Å². The van der Waals surface area contributed by atoms with Crippen LogP contribution < -0.4 is 4.90 Å². The Hall–Kier alpha value is -1.82. The zero-order chi connectivity index (χ0) is 12.3. The summed E-state index contributed by atoms with van der Waals surface area (Å²) < 4.78 is 0. The molecule has 3 nitrogen and oxygen atoms in total. The van der Waals surface area contributed by atoms with Crippen molar-refractivity contribution in [2.75, 3.05) is 11.4 Å². The van der Waals surface area contributed by atoms with E-state index in [9.17, 15) is 10.1 Å². The second kappa shape index (κ2) is 5.01. The number of aryl methyl sites for hydroxylation is 1. The molecule has 1 aromatic rings. The van der Waals surface area contributed by atoms with Gasteiger partial charge in [0, 0.05) is 6.54 Å². The Kier molecular flexibility index (Phi) is 3.43. The van der Waals surface area contributed by atoms with E-state index >= 15 is 0 Å². The summed E-state index contributed by atoms with van der Waals surface area (Å²) in [4.78, 5) is 13.2. The maximum absolute atomic E-state index is 11.1. The van der Waals surface area contributed by atoms with Gasteiger partial charge in [-0.3, -0.25) is 0 Å². The van der Waals surface area contributed by atoms with Crippen molar-refractivity contribution >= 4 is 12.0 Å². The summed E-state index contributed by atoms with van der Waals surface area (Å²) in [6.45, 7) is 2.92. The van der Waals surface area contributed by atoms with E-state index < -0.39 is 0 Å². The molecule has 0 bridgehead atoms. The predicted molar refractivity (Wildman–Crippen MR) is 67.0 cm³/mol. The van der Waals surface area contributed by atoms with Crippen LogP contribution in [-0.4, -0.2) is 18.9 Å². The fourth-order valence-corrected chi connectivity index (χ4v) is 2.51. The number of aldehydes is 1. The molecule has 0 radical (unpaired) electrons. The van der Waals surface area contributed by atoms with Crippen molar-refractivity contribution in [2.24, 2.45) is 0 Å². The van der Waals surface area contributed by atoms with Gasteiger partial charge in [-0.2, -0.15) is 5.26 Å². The number of nitrogens with zero attached hydrogens (tertiary/aromatic N) is 2. The molecular formula is C14H16N2O. The standard InChI is InChI=1S/C14H16N2O/c1-2-8-16-13(10-17)7-6-11-4-3-5-12(9-15)14(11)16/h3-5,10,13H,2,6-8H2,1H3. The molecule has 1 atom stereocenters. The quantitative estimate of drug-likeness (QED) is 0.745. The molecule has 1 aromatic carbocycles. The molecule has 2 rings (SSSR count). The average Bonchev–Trinajstić information content (AvgIpc) is 2.38. The Bertz CT molecular complexity index is 462. The molecule has 1 aliphatic rings. The first kappa shape index (κ1) is 11.7. The second-order valence-corrected chi connectivity index (χ2v) is 4.36. The Morgan fingerprint density at radius 3 is 3.06 bits per heavy atom. The van der Waals surface area contributed by atoms with Crippen molar-refractivity contribution in [1.29, 1.82) is 5.26 Å². The van der Waals surface area contributed by atoms with E-state index in [2.05, 4.69) is 24.0 Å². The van der Waals surface area contributed by atoms with Crippen LogP contribution in [0, 0.1) is 11.3 Å². The first-order valence-corrected chi connectivity index (χ1v) is 6.05.